The molecule has 2 heterocycles. The first-order valence-corrected chi connectivity index (χ1v) is 11.9. The number of fused-ring (bicyclic) bond motifs is 2. The van der Waals surface area contributed by atoms with Gasteiger partial charge in [0.05, 0.1) is 29.6 Å². The SMILES string of the molecule is COC(=O)C12Cc3cnn(-c4ccc(F)cc4)c3C=C1CCN(S(=O)c1ccc(C)cc1)C2. The van der Waals surface area contributed by atoms with Gasteiger partial charge in [-0.15, -0.1) is 0 Å². The van der Waals surface area contributed by atoms with E-state index in [0.29, 0.717) is 30.8 Å². The number of halogens is 1. The molecule has 0 spiro atoms. The molecule has 0 bridgehead atoms. The lowest BCUT2D eigenvalue weighted by atomic mass is 9.69. The van der Waals surface area contributed by atoms with Crippen LogP contribution in [0.4, 0.5) is 4.39 Å². The molecule has 0 radical (unpaired) electrons. The number of rotatable bonds is 4. The molecule has 2 unspecified atom stereocenters. The summed E-state index contributed by atoms with van der Waals surface area (Å²) < 4.78 is 35.6. The zero-order valence-corrected chi connectivity index (χ0v) is 19.3. The second-order valence-electron chi connectivity index (χ2n) is 8.54. The second-order valence-corrected chi connectivity index (χ2v) is 10.0. The molecule has 2 aliphatic rings. The highest BCUT2D eigenvalue weighted by Gasteiger charge is 2.50. The zero-order valence-electron chi connectivity index (χ0n) is 18.5. The highest BCUT2D eigenvalue weighted by atomic mass is 32.2. The van der Waals surface area contributed by atoms with Crippen LogP contribution in [0.15, 0.2) is 65.2 Å². The average Bonchev–Trinajstić information content (AvgIpc) is 3.24. The first-order chi connectivity index (χ1) is 15.9. The van der Waals surface area contributed by atoms with E-state index < -0.39 is 16.4 Å². The quantitative estimate of drug-likeness (QED) is 0.549. The third kappa shape index (κ3) is 3.73. The van der Waals surface area contributed by atoms with Gasteiger partial charge >= 0.3 is 5.97 Å². The smallest absolute Gasteiger partial charge is 0.317 e. The van der Waals surface area contributed by atoms with Crippen LogP contribution in [0.5, 0.6) is 0 Å². The maximum atomic E-state index is 13.4. The highest BCUT2D eigenvalue weighted by molar-refractivity contribution is 7.82. The first-order valence-electron chi connectivity index (χ1n) is 10.8. The summed E-state index contributed by atoms with van der Waals surface area (Å²) in [7, 11) is 0.0106. The van der Waals surface area contributed by atoms with Crippen molar-refractivity contribution in [3.8, 4) is 5.69 Å². The van der Waals surface area contributed by atoms with Crippen molar-refractivity contribution in [3.05, 3.63) is 82.9 Å². The van der Waals surface area contributed by atoms with Gasteiger partial charge < -0.3 is 4.74 Å². The number of methoxy groups -OCH3 is 1. The number of aromatic nitrogens is 2. The lowest BCUT2D eigenvalue weighted by molar-refractivity contribution is -0.151. The van der Waals surface area contributed by atoms with Gasteiger partial charge in [-0.2, -0.15) is 5.10 Å². The Labute approximate surface area is 194 Å². The predicted molar refractivity (Wildman–Crippen MR) is 123 cm³/mol. The Morgan fingerprint density at radius 1 is 1.15 bits per heavy atom. The van der Waals surface area contributed by atoms with E-state index in [4.69, 9.17) is 4.74 Å². The van der Waals surface area contributed by atoms with Crippen LogP contribution in [0.1, 0.15) is 23.2 Å². The Morgan fingerprint density at radius 3 is 2.58 bits per heavy atom. The Hall–Kier alpha value is -3.10. The summed E-state index contributed by atoms with van der Waals surface area (Å²) in [6.07, 6.45) is 4.73. The monoisotopic (exact) mass is 465 g/mol. The molecule has 0 amide bonds. The summed E-state index contributed by atoms with van der Waals surface area (Å²) in [5, 5.41) is 4.51. The van der Waals surface area contributed by atoms with Gasteiger partial charge in [-0.1, -0.05) is 17.7 Å². The van der Waals surface area contributed by atoms with E-state index in [1.54, 1.807) is 23.0 Å². The Kier molecular flexibility index (Phi) is 5.50. The molecule has 6 nitrogen and oxygen atoms in total. The molecule has 2 aromatic carbocycles. The number of hydrogen-bond donors (Lipinski definition) is 0. The van der Waals surface area contributed by atoms with Gasteiger partial charge in [-0.3, -0.25) is 4.79 Å². The molecule has 1 saturated heterocycles. The molecule has 33 heavy (non-hydrogen) atoms. The van der Waals surface area contributed by atoms with Crippen LogP contribution in [-0.2, 0) is 26.9 Å². The van der Waals surface area contributed by atoms with Gasteiger partial charge in [-0.25, -0.2) is 17.6 Å². The van der Waals surface area contributed by atoms with Gasteiger partial charge in [0, 0.05) is 13.1 Å². The summed E-state index contributed by atoms with van der Waals surface area (Å²) in [5.74, 6) is -0.642. The van der Waals surface area contributed by atoms with Gasteiger partial charge in [-0.05, 0) is 73.4 Å². The zero-order chi connectivity index (χ0) is 23.2. The van der Waals surface area contributed by atoms with E-state index in [-0.39, 0.29) is 11.8 Å². The number of carbonyl (C=O) groups is 1. The van der Waals surface area contributed by atoms with Crippen molar-refractivity contribution in [2.75, 3.05) is 20.2 Å². The molecule has 2 atom stereocenters. The average molecular weight is 466 g/mol. The number of esters is 1. The molecular formula is C25H24FN3O3S. The van der Waals surface area contributed by atoms with E-state index in [1.807, 2.05) is 41.6 Å². The third-order valence-corrected chi connectivity index (χ3v) is 7.94. The maximum absolute atomic E-state index is 13.4. The minimum Gasteiger partial charge on any atom is -0.468 e. The lowest BCUT2D eigenvalue weighted by Crippen LogP contribution is -2.52. The first kappa shape index (κ1) is 21.7. The fourth-order valence-electron chi connectivity index (χ4n) is 4.71. The number of ether oxygens (including phenoxy) is 1. The fourth-order valence-corrected chi connectivity index (χ4v) is 5.98. The van der Waals surface area contributed by atoms with Crippen LogP contribution in [0.3, 0.4) is 0 Å². The predicted octanol–water partition coefficient (Wildman–Crippen LogP) is 3.85. The number of piperidine rings is 1. The van der Waals surface area contributed by atoms with Gasteiger partial charge in [0.1, 0.15) is 22.2 Å². The summed E-state index contributed by atoms with van der Waals surface area (Å²) in [4.78, 5) is 13.9. The van der Waals surface area contributed by atoms with Crippen molar-refractivity contribution >= 4 is 23.0 Å². The van der Waals surface area contributed by atoms with Crippen LogP contribution in [-0.4, -0.2) is 44.5 Å². The normalized spacial score (nSPS) is 21.0. The molecule has 0 saturated carbocycles. The Balaban J connectivity index is 1.51. The number of hydrogen-bond acceptors (Lipinski definition) is 4. The van der Waals surface area contributed by atoms with Gasteiger partial charge in [0.15, 0.2) is 0 Å². The topological polar surface area (TPSA) is 64.4 Å². The van der Waals surface area contributed by atoms with Gasteiger partial charge in [0.2, 0.25) is 0 Å². The molecular weight excluding hydrogens is 441 g/mol. The van der Waals surface area contributed by atoms with E-state index in [9.17, 15) is 13.4 Å². The molecule has 170 valence electrons. The van der Waals surface area contributed by atoms with Crippen molar-refractivity contribution < 1.29 is 18.1 Å². The van der Waals surface area contributed by atoms with Crippen molar-refractivity contribution in [2.45, 2.75) is 24.7 Å². The van der Waals surface area contributed by atoms with E-state index in [0.717, 1.165) is 28.1 Å². The molecule has 0 N–H and O–H groups in total. The fraction of sp³-hybridized carbons (Fsp3) is 0.280. The summed E-state index contributed by atoms with van der Waals surface area (Å²) in [6, 6.07) is 13.8. The molecule has 1 aliphatic heterocycles. The number of benzene rings is 2. The molecule has 1 aliphatic carbocycles. The summed E-state index contributed by atoms with van der Waals surface area (Å²) >= 11 is 0. The maximum Gasteiger partial charge on any atom is 0.317 e. The summed E-state index contributed by atoms with van der Waals surface area (Å²) in [6.45, 7) is 2.85. The molecule has 1 aromatic heterocycles. The van der Waals surface area contributed by atoms with Crippen molar-refractivity contribution in [3.63, 3.8) is 0 Å². The van der Waals surface area contributed by atoms with Crippen LogP contribution in [0, 0.1) is 18.2 Å². The molecule has 3 aromatic rings. The Morgan fingerprint density at radius 2 is 1.88 bits per heavy atom. The van der Waals surface area contributed by atoms with E-state index in [1.165, 1.54) is 19.2 Å². The van der Waals surface area contributed by atoms with Gasteiger partial charge in [0.25, 0.3) is 0 Å². The molecule has 8 heteroatoms. The number of aryl methyl sites for hydroxylation is 1. The standard InChI is InChI=1S/C25H24FN3O3S/c1-17-3-9-22(10-4-17)33(31)28-12-11-19-13-23-18(14-25(19,16-28)24(30)32-2)15-27-29(23)21-7-5-20(26)6-8-21/h3-10,13,15H,11-12,14,16H2,1-2H3. The minimum atomic E-state index is -1.38. The molecule has 5 rings (SSSR count). The van der Waals surface area contributed by atoms with Crippen LogP contribution >= 0.6 is 0 Å². The molecule has 1 fully saturated rings. The summed E-state index contributed by atoms with van der Waals surface area (Å²) in [5.41, 5.74) is 3.65. The Bertz CT molecular complexity index is 1270. The van der Waals surface area contributed by atoms with Crippen molar-refractivity contribution in [1.82, 2.24) is 14.1 Å². The van der Waals surface area contributed by atoms with Crippen molar-refractivity contribution in [1.29, 1.82) is 0 Å². The van der Waals surface area contributed by atoms with Crippen LogP contribution in [0.2, 0.25) is 0 Å². The minimum absolute atomic E-state index is 0.299. The van der Waals surface area contributed by atoms with Crippen LogP contribution < -0.4 is 0 Å². The lowest BCUT2D eigenvalue weighted by Gasteiger charge is -2.43. The van der Waals surface area contributed by atoms with E-state index in [2.05, 4.69) is 5.10 Å². The van der Waals surface area contributed by atoms with Crippen molar-refractivity contribution in [2.24, 2.45) is 5.41 Å². The highest BCUT2D eigenvalue weighted by Crippen LogP contribution is 2.45. The number of carbonyl (C=O) groups excluding carboxylic acids is 1. The van der Waals surface area contributed by atoms with E-state index >= 15 is 0 Å². The number of nitrogens with zero attached hydrogens (tertiary/aromatic N) is 3. The second kappa shape index (κ2) is 8.35. The third-order valence-electron chi connectivity index (χ3n) is 6.49. The van der Waals surface area contributed by atoms with Crippen LogP contribution in [0.25, 0.3) is 11.8 Å². The largest absolute Gasteiger partial charge is 0.468 e.